The molecule has 1 aromatic rings. The molecule has 3 rings (SSSR count). The molecule has 2 aliphatic rings. The van der Waals surface area contributed by atoms with E-state index in [0.29, 0.717) is 6.04 Å². The summed E-state index contributed by atoms with van der Waals surface area (Å²) in [5, 5.41) is 13.1. The van der Waals surface area contributed by atoms with E-state index in [2.05, 4.69) is 34.5 Å². The SMILES string of the molecule is Cl.Cl.OC1CNCC1N1CCc2ccccc2C1. The molecule has 0 aromatic heterocycles. The Morgan fingerprint density at radius 2 is 1.83 bits per heavy atom. The third-order valence-electron chi connectivity index (χ3n) is 3.78. The largest absolute Gasteiger partial charge is 0.390 e. The third-order valence-corrected chi connectivity index (χ3v) is 3.78. The molecule has 2 aliphatic heterocycles. The molecule has 0 radical (unpaired) electrons. The Balaban J connectivity index is 0.000000810. The van der Waals surface area contributed by atoms with Gasteiger partial charge in [0.2, 0.25) is 0 Å². The topological polar surface area (TPSA) is 35.5 Å². The summed E-state index contributed by atoms with van der Waals surface area (Å²) in [6.07, 6.45) is 0.907. The second kappa shape index (κ2) is 6.73. The summed E-state index contributed by atoms with van der Waals surface area (Å²) in [4.78, 5) is 2.41. The van der Waals surface area contributed by atoms with Crippen LogP contribution in [0.1, 0.15) is 11.1 Å². The summed E-state index contributed by atoms with van der Waals surface area (Å²) >= 11 is 0. The van der Waals surface area contributed by atoms with Gasteiger partial charge in [-0.3, -0.25) is 4.90 Å². The molecule has 102 valence electrons. The lowest BCUT2D eigenvalue weighted by molar-refractivity contribution is 0.0747. The number of rotatable bonds is 1. The number of hydrogen-bond acceptors (Lipinski definition) is 3. The van der Waals surface area contributed by atoms with E-state index < -0.39 is 0 Å². The number of aliphatic hydroxyl groups excluding tert-OH is 1. The standard InChI is InChI=1S/C13H18N2O.2ClH/c16-13-8-14-7-12(13)15-6-5-10-3-1-2-4-11(10)9-15;;/h1-4,12-14,16H,5-9H2;2*1H. The lowest BCUT2D eigenvalue weighted by Gasteiger charge is -2.34. The molecule has 1 saturated heterocycles. The highest BCUT2D eigenvalue weighted by Crippen LogP contribution is 2.22. The van der Waals surface area contributed by atoms with E-state index in [0.717, 1.165) is 32.6 Å². The monoisotopic (exact) mass is 290 g/mol. The van der Waals surface area contributed by atoms with Crippen molar-refractivity contribution in [3.63, 3.8) is 0 Å². The number of halogens is 2. The van der Waals surface area contributed by atoms with Crippen LogP contribution in [0.15, 0.2) is 24.3 Å². The highest BCUT2D eigenvalue weighted by molar-refractivity contribution is 5.85. The zero-order valence-electron chi connectivity index (χ0n) is 10.2. The Bertz CT molecular complexity index is 389. The van der Waals surface area contributed by atoms with Gasteiger partial charge in [0, 0.05) is 32.2 Å². The van der Waals surface area contributed by atoms with Gasteiger partial charge in [0.15, 0.2) is 0 Å². The minimum Gasteiger partial charge on any atom is -0.390 e. The summed E-state index contributed by atoms with van der Waals surface area (Å²) < 4.78 is 0. The van der Waals surface area contributed by atoms with Gasteiger partial charge >= 0.3 is 0 Å². The molecule has 3 nitrogen and oxygen atoms in total. The fraction of sp³-hybridized carbons (Fsp3) is 0.538. The maximum atomic E-state index is 9.89. The van der Waals surface area contributed by atoms with Crippen molar-refractivity contribution in [2.24, 2.45) is 0 Å². The molecule has 2 atom stereocenters. The van der Waals surface area contributed by atoms with Crippen LogP contribution >= 0.6 is 24.8 Å². The van der Waals surface area contributed by atoms with E-state index in [9.17, 15) is 5.11 Å². The maximum absolute atomic E-state index is 9.89. The van der Waals surface area contributed by atoms with Crippen molar-refractivity contribution in [1.82, 2.24) is 10.2 Å². The first-order valence-electron chi connectivity index (χ1n) is 6.04. The van der Waals surface area contributed by atoms with E-state index in [1.807, 2.05) is 0 Å². The zero-order chi connectivity index (χ0) is 11.0. The van der Waals surface area contributed by atoms with Crippen LogP contribution < -0.4 is 5.32 Å². The molecule has 1 aromatic carbocycles. The summed E-state index contributed by atoms with van der Waals surface area (Å²) in [6.45, 7) is 3.71. The molecule has 2 unspecified atom stereocenters. The van der Waals surface area contributed by atoms with Gasteiger partial charge in [0.05, 0.1) is 6.10 Å². The van der Waals surface area contributed by atoms with Crippen LogP contribution in [0.3, 0.4) is 0 Å². The van der Waals surface area contributed by atoms with Gasteiger partial charge in [-0.1, -0.05) is 24.3 Å². The minimum absolute atomic E-state index is 0. The van der Waals surface area contributed by atoms with Crippen LogP contribution in [0.25, 0.3) is 0 Å². The molecule has 0 bridgehead atoms. The average molecular weight is 291 g/mol. The number of hydrogen-bond donors (Lipinski definition) is 2. The lowest BCUT2D eigenvalue weighted by atomic mass is 9.98. The number of β-amino-alcohol motifs (C(OH)–C–C–N with tert-alkyl or cyclic N) is 1. The first kappa shape index (κ1) is 15.7. The van der Waals surface area contributed by atoms with Gasteiger partial charge in [0.1, 0.15) is 0 Å². The second-order valence-corrected chi connectivity index (χ2v) is 4.78. The van der Waals surface area contributed by atoms with Gasteiger partial charge in [-0.05, 0) is 17.5 Å². The first-order chi connectivity index (χ1) is 7.84. The van der Waals surface area contributed by atoms with Crippen molar-refractivity contribution in [2.45, 2.75) is 25.1 Å². The van der Waals surface area contributed by atoms with Gasteiger partial charge in [-0.15, -0.1) is 24.8 Å². The van der Waals surface area contributed by atoms with Crippen LogP contribution in [0, 0.1) is 0 Å². The van der Waals surface area contributed by atoms with Crippen molar-refractivity contribution >= 4 is 24.8 Å². The highest BCUT2D eigenvalue weighted by Gasteiger charge is 2.32. The average Bonchev–Trinajstić information content (AvgIpc) is 2.75. The smallest absolute Gasteiger partial charge is 0.0831 e. The molecule has 0 amide bonds. The molecule has 0 spiro atoms. The molecule has 5 heteroatoms. The van der Waals surface area contributed by atoms with Crippen molar-refractivity contribution < 1.29 is 5.11 Å². The Labute approximate surface area is 120 Å². The second-order valence-electron chi connectivity index (χ2n) is 4.78. The van der Waals surface area contributed by atoms with E-state index in [4.69, 9.17) is 0 Å². The molecule has 0 aliphatic carbocycles. The summed E-state index contributed by atoms with van der Waals surface area (Å²) in [6, 6.07) is 8.94. The lowest BCUT2D eigenvalue weighted by Crippen LogP contribution is -2.45. The first-order valence-corrected chi connectivity index (χ1v) is 6.04. The minimum atomic E-state index is -0.203. The fourth-order valence-electron chi connectivity index (χ4n) is 2.82. The quantitative estimate of drug-likeness (QED) is 0.817. The molecular formula is C13H20Cl2N2O. The number of benzene rings is 1. The molecule has 18 heavy (non-hydrogen) atoms. The number of aliphatic hydroxyl groups is 1. The Kier molecular flexibility index (Phi) is 5.89. The summed E-state index contributed by atoms with van der Waals surface area (Å²) in [5.74, 6) is 0. The predicted octanol–water partition coefficient (Wildman–Crippen LogP) is 1.22. The predicted molar refractivity (Wildman–Crippen MR) is 77.7 cm³/mol. The van der Waals surface area contributed by atoms with Crippen LogP contribution in [0.5, 0.6) is 0 Å². The maximum Gasteiger partial charge on any atom is 0.0831 e. The molecule has 1 fully saturated rings. The summed E-state index contributed by atoms with van der Waals surface area (Å²) in [7, 11) is 0. The Hall–Kier alpha value is -0.320. The number of fused-ring (bicyclic) bond motifs is 1. The van der Waals surface area contributed by atoms with Gasteiger partial charge in [-0.25, -0.2) is 0 Å². The third kappa shape index (κ3) is 2.98. The number of nitrogens with zero attached hydrogens (tertiary/aromatic N) is 1. The normalized spacial score (nSPS) is 26.9. The van der Waals surface area contributed by atoms with Crippen LogP contribution in [0.4, 0.5) is 0 Å². The molecule has 0 saturated carbocycles. The van der Waals surface area contributed by atoms with Gasteiger partial charge in [-0.2, -0.15) is 0 Å². The zero-order valence-corrected chi connectivity index (χ0v) is 11.8. The van der Waals surface area contributed by atoms with E-state index in [1.54, 1.807) is 0 Å². The molecule has 2 heterocycles. The van der Waals surface area contributed by atoms with Crippen molar-refractivity contribution in [1.29, 1.82) is 0 Å². The van der Waals surface area contributed by atoms with Gasteiger partial charge in [0.25, 0.3) is 0 Å². The summed E-state index contributed by atoms with van der Waals surface area (Å²) in [5.41, 5.74) is 2.90. The van der Waals surface area contributed by atoms with E-state index in [1.165, 1.54) is 11.1 Å². The van der Waals surface area contributed by atoms with Crippen LogP contribution in [0.2, 0.25) is 0 Å². The molecular weight excluding hydrogens is 271 g/mol. The van der Waals surface area contributed by atoms with Crippen molar-refractivity contribution in [3.8, 4) is 0 Å². The van der Waals surface area contributed by atoms with Crippen LogP contribution in [-0.2, 0) is 13.0 Å². The van der Waals surface area contributed by atoms with E-state index in [-0.39, 0.29) is 30.9 Å². The van der Waals surface area contributed by atoms with Crippen LogP contribution in [-0.4, -0.2) is 41.8 Å². The Morgan fingerprint density at radius 3 is 2.50 bits per heavy atom. The molecule has 2 N–H and O–H groups in total. The van der Waals surface area contributed by atoms with Gasteiger partial charge < -0.3 is 10.4 Å². The number of nitrogens with one attached hydrogen (secondary N) is 1. The van der Waals surface area contributed by atoms with E-state index >= 15 is 0 Å². The fourth-order valence-corrected chi connectivity index (χ4v) is 2.82. The van der Waals surface area contributed by atoms with Crippen molar-refractivity contribution in [3.05, 3.63) is 35.4 Å². The highest BCUT2D eigenvalue weighted by atomic mass is 35.5. The Morgan fingerprint density at radius 1 is 1.11 bits per heavy atom. The van der Waals surface area contributed by atoms with Crippen molar-refractivity contribution in [2.75, 3.05) is 19.6 Å².